The monoisotopic (exact) mass is 346 g/mol. The van der Waals surface area contributed by atoms with Crippen LogP contribution in [0.25, 0.3) is 0 Å². The van der Waals surface area contributed by atoms with Crippen LogP contribution in [0.1, 0.15) is 12.8 Å². The summed E-state index contributed by atoms with van der Waals surface area (Å²) >= 11 is 0. The van der Waals surface area contributed by atoms with E-state index < -0.39 is 61.4 Å². The van der Waals surface area contributed by atoms with Gasteiger partial charge in [-0.2, -0.15) is 0 Å². The Morgan fingerprint density at radius 2 is 1.88 bits per heavy atom. The number of hydrogen-bond donors (Lipinski definition) is 5. The smallest absolute Gasteiger partial charge is 0.307 e. The quantitative estimate of drug-likeness (QED) is 0.406. The number of aliphatic hydroxyl groups is 4. The number of carboxylic acid groups (broad SMARTS) is 1. The Labute approximate surface area is 138 Å². The first-order chi connectivity index (χ1) is 11.4. The fraction of sp³-hybridized carbons (Fsp3) is 0.800. The lowest BCUT2D eigenvalue weighted by Crippen LogP contribution is -2.60. The van der Waals surface area contributed by atoms with E-state index in [-0.39, 0.29) is 5.92 Å². The van der Waals surface area contributed by atoms with Gasteiger partial charge in [0.25, 0.3) is 0 Å². The van der Waals surface area contributed by atoms with Crippen LogP contribution in [-0.4, -0.2) is 75.1 Å². The van der Waals surface area contributed by atoms with Crippen LogP contribution in [0.2, 0.25) is 0 Å². The summed E-state index contributed by atoms with van der Waals surface area (Å²) in [4.78, 5) is 11.4. The molecule has 0 aromatic heterocycles. The molecule has 9 heteroatoms. The van der Waals surface area contributed by atoms with Gasteiger partial charge >= 0.3 is 5.97 Å². The standard InChI is InChI=1S/C15H22O9/c16-5-8-10(17)11(18)12(19)15(23-8)24-14-9-6(3-4-22-14)1-2-7(9)13(20)21/h3-4,6-12,14-19H,1-2,5H2,(H,20,21)/t6-,7+,8-,9+,10-,11+,12-,14+,15?/m1/s1. The molecule has 9 nitrogen and oxygen atoms in total. The molecule has 0 bridgehead atoms. The minimum absolute atomic E-state index is 0.0188. The third kappa shape index (κ3) is 3.03. The third-order valence-electron chi connectivity index (χ3n) is 5.06. The third-order valence-corrected chi connectivity index (χ3v) is 5.06. The Kier molecular flexibility index (Phi) is 5.09. The average molecular weight is 346 g/mol. The van der Waals surface area contributed by atoms with Gasteiger partial charge < -0.3 is 39.7 Å². The summed E-state index contributed by atoms with van der Waals surface area (Å²) in [5.41, 5.74) is 0. The summed E-state index contributed by atoms with van der Waals surface area (Å²) in [7, 11) is 0. The highest BCUT2D eigenvalue weighted by molar-refractivity contribution is 5.71. The topological polar surface area (TPSA) is 146 Å². The van der Waals surface area contributed by atoms with E-state index in [0.29, 0.717) is 12.8 Å². The largest absolute Gasteiger partial charge is 0.481 e. The number of allylic oxidation sites excluding steroid dienone is 1. The molecule has 1 saturated carbocycles. The van der Waals surface area contributed by atoms with Gasteiger partial charge in [0, 0.05) is 5.92 Å². The van der Waals surface area contributed by atoms with E-state index in [1.165, 1.54) is 6.26 Å². The van der Waals surface area contributed by atoms with Gasteiger partial charge in [-0.05, 0) is 24.8 Å². The summed E-state index contributed by atoms with van der Waals surface area (Å²) in [6.45, 7) is -0.569. The highest BCUT2D eigenvalue weighted by atomic mass is 16.8. The summed E-state index contributed by atoms with van der Waals surface area (Å²) in [6.07, 6.45) is -3.61. The Bertz CT molecular complexity index is 493. The fourth-order valence-corrected chi connectivity index (χ4v) is 3.71. The highest BCUT2D eigenvalue weighted by Gasteiger charge is 2.50. The second-order valence-corrected chi connectivity index (χ2v) is 6.43. The number of aliphatic carboxylic acids is 1. The van der Waals surface area contributed by atoms with E-state index in [1.54, 1.807) is 6.08 Å². The van der Waals surface area contributed by atoms with Gasteiger partial charge in [0.2, 0.25) is 6.29 Å². The molecule has 0 amide bonds. The Balaban J connectivity index is 1.74. The minimum atomic E-state index is -1.56. The first-order valence-corrected chi connectivity index (χ1v) is 7.95. The van der Waals surface area contributed by atoms with Crippen molar-refractivity contribution in [2.24, 2.45) is 17.8 Å². The molecule has 0 aromatic rings. The van der Waals surface area contributed by atoms with Crippen molar-refractivity contribution in [3.63, 3.8) is 0 Å². The molecule has 136 valence electrons. The number of carbonyl (C=O) groups is 1. The zero-order valence-corrected chi connectivity index (χ0v) is 12.8. The summed E-state index contributed by atoms with van der Waals surface area (Å²) in [5, 5.41) is 48.2. The zero-order valence-electron chi connectivity index (χ0n) is 12.8. The van der Waals surface area contributed by atoms with Crippen LogP contribution in [-0.2, 0) is 19.0 Å². The van der Waals surface area contributed by atoms with Crippen molar-refractivity contribution in [1.29, 1.82) is 0 Å². The number of rotatable bonds is 4. The normalized spacial score (nSPS) is 47.9. The van der Waals surface area contributed by atoms with Crippen molar-refractivity contribution >= 4 is 5.97 Å². The summed E-state index contributed by atoms with van der Waals surface area (Å²) < 4.78 is 16.3. The molecule has 1 aliphatic carbocycles. The Morgan fingerprint density at radius 1 is 1.12 bits per heavy atom. The lowest BCUT2D eigenvalue weighted by molar-refractivity contribution is -0.342. The first kappa shape index (κ1) is 17.6. The molecule has 3 rings (SSSR count). The van der Waals surface area contributed by atoms with Crippen LogP contribution in [0.3, 0.4) is 0 Å². The van der Waals surface area contributed by atoms with Crippen molar-refractivity contribution in [1.82, 2.24) is 0 Å². The van der Waals surface area contributed by atoms with Gasteiger partial charge in [-0.15, -0.1) is 0 Å². The van der Waals surface area contributed by atoms with Gasteiger partial charge in [0.1, 0.15) is 24.4 Å². The molecule has 9 atom stereocenters. The Hall–Kier alpha value is -1.23. The van der Waals surface area contributed by atoms with E-state index in [9.17, 15) is 30.3 Å². The molecule has 0 aromatic carbocycles. The summed E-state index contributed by atoms with van der Waals surface area (Å²) in [5.74, 6) is -2.05. The predicted octanol–water partition coefficient (Wildman–Crippen LogP) is -1.60. The molecule has 24 heavy (non-hydrogen) atoms. The number of carboxylic acids is 1. The molecular formula is C15H22O9. The fourth-order valence-electron chi connectivity index (χ4n) is 3.71. The maximum absolute atomic E-state index is 11.4. The molecule has 0 spiro atoms. The van der Waals surface area contributed by atoms with E-state index in [2.05, 4.69) is 0 Å². The molecule has 1 saturated heterocycles. The van der Waals surface area contributed by atoms with Crippen molar-refractivity contribution in [2.75, 3.05) is 6.61 Å². The molecule has 2 fully saturated rings. The van der Waals surface area contributed by atoms with Gasteiger partial charge in [0.15, 0.2) is 6.29 Å². The Morgan fingerprint density at radius 3 is 2.54 bits per heavy atom. The second-order valence-electron chi connectivity index (χ2n) is 6.43. The number of aliphatic hydroxyl groups excluding tert-OH is 4. The maximum atomic E-state index is 11.4. The van der Waals surface area contributed by atoms with Crippen molar-refractivity contribution in [3.8, 4) is 0 Å². The molecule has 2 heterocycles. The number of ether oxygens (including phenoxy) is 3. The maximum Gasteiger partial charge on any atom is 0.307 e. The van der Waals surface area contributed by atoms with Crippen LogP contribution in [0.4, 0.5) is 0 Å². The van der Waals surface area contributed by atoms with Crippen molar-refractivity contribution in [2.45, 2.75) is 49.8 Å². The van der Waals surface area contributed by atoms with Gasteiger partial charge in [-0.3, -0.25) is 4.79 Å². The van der Waals surface area contributed by atoms with Crippen molar-refractivity contribution < 1.29 is 44.5 Å². The summed E-state index contributed by atoms with van der Waals surface area (Å²) in [6, 6.07) is 0. The highest BCUT2D eigenvalue weighted by Crippen LogP contribution is 2.44. The van der Waals surface area contributed by atoms with E-state index in [0.717, 1.165) is 0 Å². The van der Waals surface area contributed by atoms with Gasteiger partial charge in [-0.1, -0.05) is 0 Å². The lowest BCUT2D eigenvalue weighted by Gasteiger charge is -2.42. The SMILES string of the molecule is O=C(O)[C@H]1CC[C@@H]2C=CO[C@@H](OC3O[C@H](CO)[C@@H](O)[C@H](O)[C@H]3O)[C@H]12. The van der Waals surface area contributed by atoms with E-state index >= 15 is 0 Å². The molecule has 2 aliphatic heterocycles. The average Bonchev–Trinajstić information content (AvgIpc) is 3.00. The van der Waals surface area contributed by atoms with E-state index in [4.69, 9.17) is 14.2 Å². The van der Waals surface area contributed by atoms with E-state index in [1.807, 2.05) is 0 Å². The van der Waals surface area contributed by atoms with Crippen LogP contribution in [0.5, 0.6) is 0 Å². The van der Waals surface area contributed by atoms with Crippen LogP contribution >= 0.6 is 0 Å². The predicted molar refractivity (Wildman–Crippen MR) is 76.2 cm³/mol. The minimum Gasteiger partial charge on any atom is -0.481 e. The van der Waals surface area contributed by atoms with Gasteiger partial charge in [-0.25, -0.2) is 0 Å². The number of fused-ring (bicyclic) bond motifs is 1. The molecular weight excluding hydrogens is 324 g/mol. The van der Waals surface area contributed by atoms with Crippen LogP contribution in [0, 0.1) is 17.8 Å². The molecule has 0 radical (unpaired) electrons. The molecule has 1 unspecified atom stereocenters. The molecule has 3 aliphatic rings. The van der Waals surface area contributed by atoms with Crippen molar-refractivity contribution in [3.05, 3.63) is 12.3 Å². The van der Waals surface area contributed by atoms with Gasteiger partial charge in [0.05, 0.1) is 18.8 Å². The zero-order chi connectivity index (χ0) is 17.4. The molecule has 5 N–H and O–H groups in total. The van der Waals surface area contributed by atoms with Crippen LogP contribution < -0.4 is 0 Å². The second kappa shape index (κ2) is 6.95. The van der Waals surface area contributed by atoms with Crippen LogP contribution in [0.15, 0.2) is 12.3 Å². The number of hydrogen-bond acceptors (Lipinski definition) is 8. The first-order valence-electron chi connectivity index (χ1n) is 7.95. The lowest BCUT2D eigenvalue weighted by atomic mass is 9.87.